The summed E-state index contributed by atoms with van der Waals surface area (Å²) in [6.07, 6.45) is 0. The number of H-pyrrole nitrogens is 1. The number of aryl methyl sites for hydroxylation is 1. The summed E-state index contributed by atoms with van der Waals surface area (Å²) in [4.78, 5) is 20.7. The highest BCUT2D eigenvalue weighted by atomic mass is 16.3. The van der Waals surface area contributed by atoms with Gasteiger partial charge in [0.15, 0.2) is 5.65 Å². The summed E-state index contributed by atoms with van der Waals surface area (Å²) in [5.41, 5.74) is 5.73. The van der Waals surface area contributed by atoms with E-state index in [-0.39, 0.29) is 22.8 Å². The molecule has 0 amide bonds. The molecular weight excluding hydrogens is 394 g/mol. The minimum absolute atomic E-state index is 0.0977. The molecule has 0 atom stereocenters. The topological polar surface area (TPSA) is 121 Å². The van der Waals surface area contributed by atoms with Gasteiger partial charge < -0.3 is 14.7 Å². The van der Waals surface area contributed by atoms with Gasteiger partial charge in [0.2, 0.25) is 0 Å². The van der Waals surface area contributed by atoms with Gasteiger partial charge >= 0.3 is 0 Å². The summed E-state index contributed by atoms with van der Waals surface area (Å²) in [6, 6.07) is 15.0. The first kappa shape index (κ1) is 18.7. The normalized spacial score (nSPS) is 12.1. The molecular formula is C22H19N7O2. The molecule has 0 aliphatic carbocycles. The summed E-state index contributed by atoms with van der Waals surface area (Å²) >= 11 is 0. The predicted molar refractivity (Wildman–Crippen MR) is 121 cm³/mol. The van der Waals surface area contributed by atoms with Crippen molar-refractivity contribution in [2.75, 3.05) is 5.43 Å². The first-order chi connectivity index (χ1) is 15.1. The third-order valence-corrected chi connectivity index (χ3v) is 5.27. The van der Waals surface area contributed by atoms with Gasteiger partial charge in [-0.25, -0.2) is 10.4 Å². The van der Waals surface area contributed by atoms with Crippen molar-refractivity contribution < 1.29 is 5.11 Å². The summed E-state index contributed by atoms with van der Waals surface area (Å²) in [5, 5.41) is 24.8. The molecule has 31 heavy (non-hydrogen) atoms. The van der Waals surface area contributed by atoms with Crippen LogP contribution in [0.2, 0.25) is 0 Å². The van der Waals surface area contributed by atoms with E-state index < -0.39 is 0 Å². The number of hydrogen-bond donors (Lipinski definition) is 3. The number of para-hydroxylation sites is 2. The van der Waals surface area contributed by atoms with E-state index in [1.54, 1.807) is 17.6 Å². The van der Waals surface area contributed by atoms with Gasteiger partial charge in [-0.05, 0) is 32.0 Å². The van der Waals surface area contributed by atoms with Crippen LogP contribution < -0.4 is 11.0 Å². The Morgan fingerprint density at radius 1 is 1.13 bits per heavy atom. The number of rotatable bonds is 4. The van der Waals surface area contributed by atoms with Gasteiger partial charge in [-0.1, -0.05) is 30.3 Å². The lowest BCUT2D eigenvalue weighted by Gasteiger charge is -2.13. The average Bonchev–Trinajstić information content (AvgIpc) is 3.16. The van der Waals surface area contributed by atoms with Crippen molar-refractivity contribution in [1.82, 2.24) is 24.7 Å². The Bertz CT molecular complexity index is 1550. The Morgan fingerprint density at radius 3 is 2.68 bits per heavy atom. The van der Waals surface area contributed by atoms with Gasteiger partial charge in [0.1, 0.15) is 16.8 Å². The molecule has 0 saturated heterocycles. The smallest absolute Gasteiger partial charge is 0.263 e. The third kappa shape index (κ3) is 2.98. The molecule has 9 heteroatoms. The molecule has 3 aromatic heterocycles. The highest BCUT2D eigenvalue weighted by Crippen LogP contribution is 2.27. The Morgan fingerprint density at radius 2 is 1.87 bits per heavy atom. The second-order valence-electron chi connectivity index (χ2n) is 7.10. The van der Waals surface area contributed by atoms with Crippen LogP contribution in [-0.2, 0) is 6.54 Å². The lowest BCUT2D eigenvalue weighted by atomic mass is 10.1. The number of fused-ring (bicyclic) bond motifs is 4. The first-order valence-corrected chi connectivity index (χ1v) is 9.84. The van der Waals surface area contributed by atoms with Crippen molar-refractivity contribution in [2.24, 2.45) is 5.10 Å². The van der Waals surface area contributed by atoms with Gasteiger partial charge in [0, 0.05) is 22.8 Å². The number of hydrazone groups is 1. The van der Waals surface area contributed by atoms with E-state index in [1.807, 2.05) is 49.4 Å². The van der Waals surface area contributed by atoms with Gasteiger partial charge in [-0.2, -0.15) is 5.10 Å². The Labute approximate surface area is 176 Å². The molecule has 0 spiro atoms. The minimum atomic E-state index is -0.312. The standard InChI is InChI=1S/C22H19N7O2/c1-3-29-16-11-7-5-9-14(16)19(30)17(21(29)31)12(2)25-27-22-24-18-13-8-4-6-10-15(13)23-20(18)26-28-22/h4-11,30H,3H2,1-2H3,(H,23,26)(H,24,27,28)/b25-12+. The fourth-order valence-corrected chi connectivity index (χ4v) is 3.79. The van der Waals surface area contributed by atoms with Crippen molar-refractivity contribution >= 4 is 44.6 Å². The number of aromatic amines is 1. The molecule has 5 rings (SSSR count). The largest absolute Gasteiger partial charge is 0.506 e. The predicted octanol–water partition coefficient (Wildman–Crippen LogP) is 3.38. The van der Waals surface area contributed by atoms with Gasteiger partial charge in [-0.15, -0.1) is 10.2 Å². The van der Waals surface area contributed by atoms with Crippen LogP contribution in [0.5, 0.6) is 5.75 Å². The molecule has 154 valence electrons. The molecule has 0 fully saturated rings. The minimum Gasteiger partial charge on any atom is -0.506 e. The number of hydrogen-bond acceptors (Lipinski definition) is 7. The van der Waals surface area contributed by atoms with Gasteiger partial charge in [-0.3, -0.25) is 4.79 Å². The quantitative estimate of drug-likeness (QED) is 0.307. The second kappa shape index (κ2) is 7.21. The second-order valence-corrected chi connectivity index (χ2v) is 7.10. The molecule has 2 aromatic carbocycles. The zero-order chi connectivity index (χ0) is 21.5. The van der Waals surface area contributed by atoms with Gasteiger partial charge in [0.25, 0.3) is 11.5 Å². The summed E-state index contributed by atoms with van der Waals surface area (Å²) in [5.74, 6) is 0.0900. The number of nitrogens with one attached hydrogen (secondary N) is 2. The first-order valence-electron chi connectivity index (χ1n) is 9.84. The molecule has 0 radical (unpaired) electrons. The SMILES string of the molecule is CCn1c(=O)c(/C(C)=N/Nc2nnc3[nH]c4ccccc4c3n2)c(O)c2ccccc21. The van der Waals surface area contributed by atoms with Crippen LogP contribution in [0.15, 0.2) is 58.4 Å². The van der Waals surface area contributed by atoms with Crippen LogP contribution in [0, 0.1) is 0 Å². The number of aromatic hydroxyl groups is 1. The van der Waals surface area contributed by atoms with Crippen molar-refractivity contribution in [3.05, 3.63) is 64.4 Å². The molecule has 0 saturated carbocycles. The summed E-state index contributed by atoms with van der Waals surface area (Å²) < 4.78 is 1.61. The number of pyridine rings is 1. The molecule has 0 unspecified atom stereocenters. The van der Waals surface area contributed by atoms with Crippen molar-refractivity contribution in [1.29, 1.82) is 0 Å². The highest BCUT2D eigenvalue weighted by Gasteiger charge is 2.18. The number of nitrogens with zero attached hydrogens (tertiary/aromatic N) is 5. The van der Waals surface area contributed by atoms with Crippen LogP contribution >= 0.6 is 0 Å². The molecule has 5 aromatic rings. The maximum atomic E-state index is 13.0. The lowest BCUT2D eigenvalue weighted by Crippen LogP contribution is -2.26. The Hall–Kier alpha value is -4.27. The highest BCUT2D eigenvalue weighted by molar-refractivity contribution is 6.06. The van der Waals surface area contributed by atoms with E-state index in [0.29, 0.717) is 34.3 Å². The maximum absolute atomic E-state index is 13.0. The van der Waals surface area contributed by atoms with E-state index in [9.17, 15) is 9.90 Å². The van der Waals surface area contributed by atoms with Crippen molar-refractivity contribution in [3.8, 4) is 5.75 Å². The Balaban J connectivity index is 1.57. The fraction of sp³-hybridized carbons (Fsp3) is 0.136. The van der Waals surface area contributed by atoms with Crippen LogP contribution in [0.4, 0.5) is 5.95 Å². The zero-order valence-electron chi connectivity index (χ0n) is 16.9. The number of aromatic nitrogens is 5. The van der Waals surface area contributed by atoms with E-state index in [1.165, 1.54) is 0 Å². The van der Waals surface area contributed by atoms with Crippen LogP contribution in [0.3, 0.4) is 0 Å². The zero-order valence-corrected chi connectivity index (χ0v) is 16.9. The third-order valence-electron chi connectivity index (χ3n) is 5.27. The molecule has 0 aliphatic rings. The molecule has 3 heterocycles. The molecule has 0 aliphatic heterocycles. The van der Waals surface area contributed by atoms with E-state index in [2.05, 4.69) is 30.7 Å². The monoisotopic (exact) mass is 413 g/mol. The molecule has 0 bridgehead atoms. The molecule has 3 N–H and O–H groups in total. The van der Waals surface area contributed by atoms with E-state index >= 15 is 0 Å². The van der Waals surface area contributed by atoms with Crippen molar-refractivity contribution in [3.63, 3.8) is 0 Å². The van der Waals surface area contributed by atoms with Crippen LogP contribution in [-0.4, -0.2) is 35.6 Å². The van der Waals surface area contributed by atoms with E-state index in [0.717, 1.165) is 10.9 Å². The van der Waals surface area contributed by atoms with Crippen molar-refractivity contribution in [2.45, 2.75) is 20.4 Å². The van der Waals surface area contributed by atoms with Crippen LogP contribution in [0.25, 0.3) is 33.0 Å². The summed E-state index contributed by atoms with van der Waals surface area (Å²) in [6.45, 7) is 4.00. The van der Waals surface area contributed by atoms with E-state index in [4.69, 9.17) is 0 Å². The number of anilines is 1. The maximum Gasteiger partial charge on any atom is 0.263 e. The van der Waals surface area contributed by atoms with Gasteiger partial charge in [0.05, 0.1) is 11.2 Å². The lowest BCUT2D eigenvalue weighted by molar-refractivity contribution is 0.477. The fourth-order valence-electron chi connectivity index (χ4n) is 3.79. The molecule has 9 nitrogen and oxygen atoms in total. The number of benzene rings is 2. The summed E-state index contributed by atoms with van der Waals surface area (Å²) in [7, 11) is 0. The van der Waals surface area contributed by atoms with Crippen LogP contribution in [0.1, 0.15) is 19.4 Å². The average molecular weight is 413 g/mol. The Kier molecular flexibility index (Phi) is 4.36.